The molecule has 1 rings (SSSR count). The first-order chi connectivity index (χ1) is 7.69. The summed E-state index contributed by atoms with van der Waals surface area (Å²) in [6.45, 7) is 2.04. The van der Waals surface area contributed by atoms with E-state index in [1.165, 1.54) is 12.1 Å². The molecule has 1 aromatic carbocycles. The second-order valence-corrected chi connectivity index (χ2v) is 3.49. The van der Waals surface area contributed by atoms with Crippen LogP contribution >= 0.6 is 0 Å². The molecule has 1 unspecified atom stereocenters. The third kappa shape index (κ3) is 3.28. The highest BCUT2D eigenvalue weighted by atomic mass is 19.1. The lowest BCUT2D eigenvalue weighted by molar-refractivity contribution is 0.624. The van der Waals surface area contributed by atoms with Crippen molar-refractivity contribution >= 4 is 5.71 Å². The Balaban J connectivity index is 2.91. The smallest absolute Gasteiger partial charge is 0.123 e. The van der Waals surface area contributed by atoms with Crippen LogP contribution in [0.15, 0.2) is 41.4 Å². The molecule has 0 aromatic heterocycles. The second kappa shape index (κ2) is 6.18. The summed E-state index contributed by atoms with van der Waals surface area (Å²) in [7, 11) is 1.69. The number of halogens is 1. The van der Waals surface area contributed by atoms with Crippen molar-refractivity contribution in [2.45, 2.75) is 19.4 Å². The molecular formula is C13H17FN2. The summed E-state index contributed by atoms with van der Waals surface area (Å²) in [4.78, 5) is 4.11. The number of nitrogens with zero attached hydrogens (tertiary/aromatic N) is 1. The Labute approximate surface area is 95.7 Å². The Hall–Kier alpha value is -1.48. The quantitative estimate of drug-likeness (QED) is 0.778. The van der Waals surface area contributed by atoms with Gasteiger partial charge < -0.3 is 5.73 Å². The topological polar surface area (TPSA) is 38.4 Å². The van der Waals surface area contributed by atoms with E-state index in [4.69, 9.17) is 5.73 Å². The highest BCUT2D eigenvalue weighted by Gasteiger charge is 2.10. The van der Waals surface area contributed by atoms with Crippen LogP contribution < -0.4 is 5.73 Å². The lowest BCUT2D eigenvalue weighted by Crippen LogP contribution is -2.20. The fourth-order valence-corrected chi connectivity index (χ4v) is 1.43. The summed E-state index contributed by atoms with van der Waals surface area (Å²) in [5, 5.41) is 0. The summed E-state index contributed by atoms with van der Waals surface area (Å²) in [6, 6.07) is 5.93. The molecule has 2 N–H and O–H groups in total. The van der Waals surface area contributed by atoms with E-state index in [-0.39, 0.29) is 11.9 Å². The fourth-order valence-electron chi connectivity index (χ4n) is 1.43. The third-order valence-corrected chi connectivity index (χ3v) is 2.31. The molecule has 0 aliphatic rings. The van der Waals surface area contributed by atoms with Gasteiger partial charge in [0.05, 0.1) is 11.8 Å². The van der Waals surface area contributed by atoms with Gasteiger partial charge in [-0.1, -0.05) is 25.1 Å². The maximum Gasteiger partial charge on any atom is 0.123 e. The Morgan fingerprint density at radius 3 is 2.88 bits per heavy atom. The van der Waals surface area contributed by atoms with E-state index in [2.05, 4.69) is 4.99 Å². The predicted octanol–water partition coefficient (Wildman–Crippen LogP) is 2.86. The second-order valence-electron chi connectivity index (χ2n) is 3.49. The van der Waals surface area contributed by atoms with Gasteiger partial charge in [-0.3, -0.25) is 4.99 Å². The molecule has 0 aliphatic heterocycles. The van der Waals surface area contributed by atoms with E-state index in [0.29, 0.717) is 0 Å². The maximum atomic E-state index is 13.0. The third-order valence-electron chi connectivity index (χ3n) is 2.31. The molecule has 0 amide bonds. The lowest BCUT2D eigenvalue weighted by Gasteiger charge is -2.12. The van der Waals surface area contributed by atoms with Gasteiger partial charge in [0.25, 0.3) is 0 Å². The summed E-state index contributed by atoms with van der Waals surface area (Å²) < 4.78 is 13.0. The van der Waals surface area contributed by atoms with Gasteiger partial charge in [0.15, 0.2) is 0 Å². The molecule has 1 atom stereocenters. The maximum absolute atomic E-state index is 13.0. The monoisotopic (exact) mass is 220 g/mol. The van der Waals surface area contributed by atoms with E-state index in [9.17, 15) is 4.39 Å². The Morgan fingerprint density at radius 2 is 2.31 bits per heavy atom. The molecular weight excluding hydrogens is 203 g/mol. The SMILES string of the molecule is CC/C=C\C(=NC)C(N)c1cccc(F)c1. The molecule has 0 spiro atoms. The van der Waals surface area contributed by atoms with Crippen molar-refractivity contribution in [3.05, 3.63) is 47.8 Å². The molecule has 1 aromatic rings. The van der Waals surface area contributed by atoms with Crippen LogP contribution in [0.5, 0.6) is 0 Å². The number of allylic oxidation sites excluding steroid dienone is 1. The van der Waals surface area contributed by atoms with E-state index in [1.54, 1.807) is 19.2 Å². The molecule has 0 bridgehead atoms. The van der Waals surface area contributed by atoms with Gasteiger partial charge in [0.2, 0.25) is 0 Å². The molecule has 0 fully saturated rings. The lowest BCUT2D eigenvalue weighted by atomic mass is 10.0. The van der Waals surface area contributed by atoms with Gasteiger partial charge in [0.1, 0.15) is 5.82 Å². The van der Waals surface area contributed by atoms with Crippen LogP contribution in [0.4, 0.5) is 4.39 Å². The van der Waals surface area contributed by atoms with Gasteiger partial charge in [-0.2, -0.15) is 0 Å². The minimum Gasteiger partial charge on any atom is -0.319 e. The first-order valence-electron chi connectivity index (χ1n) is 5.33. The molecule has 0 saturated heterocycles. The molecule has 0 saturated carbocycles. The Bertz CT molecular complexity index is 397. The number of benzene rings is 1. The van der Waals surface area contributed by atoms with Crippen LogP contribution in [0.25, 0.3) is 0 Å². The zero-order chi connectivity index (χ0) is 12.0. The average molecular weight is 220 g/mol. The first-order valence-corrected chi connectivity index (χ1v) is 5.33. The Kier molecular flexibility index (Phi) is 4.86. The van der Waals surface area contributed by atoms with Crippen molar-refractivity contribution in [1.29, 1.82) is 0 Å². The van der Waals surface area contributed by atoms with Crippen LogP contribution in [-0.2, 0) is 0 Å². The van der Waals surface area contributed by atoms with Crippen LogP contribution in [0.3, 0.4) is 0 Å². The van der Waals surface area contributed by atoms with Gasteiger partial charge in [-0.15, -0.1) is 0 Å². The van der Waals surface area contributed by atoms with Crippen LogP contribution in [0.2, 0.25) is 0 Å². The molecule has 0 aliphatic carbocycles. The van der Waals surface area contributed by atoms with Crippen LogP contribution in [-0.4, -0.2) is 12.8 Å². The van der Waals surface area contributed by atoms with Gasteiger partial charge in [-0.05, 0) is 30.2 Å². The van der Waals surface area contributed by atoms with Crippen molar-refractivity contribution in [2.75, 3.05) is 7.05 Å². The summed E-state index contributed by atoms with van der Waals surface area (Å²) >= 11 is 0. The van der Waals surface area contributed by atoms with Crippen molar-refractivity contribution < 1.29 is 4.39 Å². The van der Waals surface area contributed by atoms with E-state index < -0.39 is 0 Å². The largest absolute Gasteiger partial charge is 0.319 e. The van der Waals surface area contributed by atoms with E-state index in [0.717, 1.165) is 17.7 Å². The Morgan fingerprint density at radius 1 is 1.56 bits per heavy atom. The van der Waals surface area contributed by atoms with E-state index in [1.807, 2.05) is 19.1 Å². The normalized spacial score (nSPS) is 14.4. The standard InChI is InChI=1S/C13H17FN2/c1-3-4-8-12(16-2)13(15)10-6-5-7-11(14)9-10/h4-9,13H,3,15H2,1-2H3/b8-4-,16-12?. The van der Waals surface area contributed by atoms with Gasteiger partial charge >= 0.3 is 0 Å². The highest BCUT2D eigenvalue weighted by Crippen LogP contribution is 2.14. The highest BCUT2D eigenvalue weighted by molar-refractivity contribution is 5.99. The van der Waals surface area contributed by atoms with Gasteiger partial charge in [-0.25, -0.2) is 4.39 Å². The van der Waals surface area contributed by atoms with Gasteiger partial charge in [0, 0.05) is 7.05 Å². The summed E-state index contributed by atoms with van der Waals surface area (Å²) in [5.41, 5.74) is 7.50. The van der Waals surface area contributed by atoms with Crippen molar-refractivity contribution in [2.24, 2.45) is 10.7 Å². The van der Waals surface area contributed by atoms with Crippen molar-refractivity contribution in [3.63, 3.8) is 0 Å². The number of nitrogens with two attached hydrogens (primary N) is 1. The molecule has 0 heterocycles. The number of rotatable bonds is 4. The van der Waals surface area contributed by atoms with Crippen molar-refractivity contribution in [1.82, 2.24) is 0 Å². The number of hydrogen-bond donors (Lipinski definition) is 1. The number of aliphatic imine (C=N–C) groups is 1. The molecule has 3 heteroatoms. The first kappa shape index (κ1) is 12.6. The zero-order valence-corrected chi connectivity index (χ0v) is 9.65. The van der Waals surface area contributed by atoms with E-state index >= 15 is 0 Å². The predicted molar refractivity (Wildman–Crippen MR) is 66.1 cm³/mol. The molecule has 86 valence electrons. The van der Waals surface area contributed by atoms with Crippen LogP contribution in [0.1, 0.15) is 24.9 Å². The zero-order valence-electron chi connectivity index (χ0n) is 9.65. The molecule has 16 heavy (non-hydrogen) atoms. The number of hydrogen-bond acceptors (Lipinski definition) is 2. The van der Waals surface area contributed by atoms with Crippen molar-refractivity contribution in [3.8, 4) is 0 Å². The molecule has 2 nitrogen and oxygen atoms in total. The summed E-state index contributed by atoms with van der Waals surface area (Å²) in [6.07, 6.45) is 4.80. The summed E-state index contributed by atoms with van der Waals surface area (Å²) in [5.74, 6) is -0.275. The minimum atomic E-state index is -0.372. The molecule has 0 radical (unpaired) electrons. The minimum absolute atomic E-state index is 0.275. The average Bonchev–Trinajstić information content (AvgIpc) is 2.29. The fraction of sp³-hybridized carbons (Fsp3) is 0.308. The van der Waals surface area contributed by atoms with Crippen LogP contribution in [0, 0.1) is 5.82 Å².